The van der Waals surface area contributed by atoms with E-state index in [9.17, 15) is 5.26 Å². The third kappa shape index (κ3) is 3.91. The van der Waals surface area contributed by atoms with Gasteiger partial charge >= 0.3 is 0 Å². The molecule has 27 heavy (non-hydrogen) atoms. The zero-order chi connectivity index (χ0) is 18.8. The topological polar surface area (TPSA) is 55.6 Å². The largest absolute Gasteiger partial charge is 0.370 e. The summed E-state index contributed by atoms with van der Waals surface area (Å²) in [5.74, 6) is 0. The van der Waals surface area contributed by atoms with Crippen LogP contribution in [0.5, 0.6) is 0 Å². The van der Waals surface area contributed by atoms with Crippen LogP contribution in [-0.4, -0.2) is 79.9 Å². The number of nitriles is 1. The molecule has 0 radical (unpaired) electrons. The standard InChI is InChI=1S/C21H27N5O/c1-16-13-26(15-18(27-16)14-25-10-8-24(2)9-11-25)20-6-5-17(12-22)21-19(20)4-3-7-23-21/h3-7,16,18H,8-11,13-15H2,1-2H3/t16-,18+/m1/s1. The molecule has 6 heteroatoms. The first-order valence-corrected chi connectivity index (χ1v) is 9.73. The lowest BCUT2D eigenvalue weighted by Gasteiger charge is -2.41. The Balaban J connectivity index is 1.55. The van der Waals surface area contributed by atoms with Crippen molar-refractivity contribution < 1.29 is 4.74 Å². The van der Waals surface area contributed by atoms with Crippen LogP contribution in [0, 0.1) is 11.3 Å². The molecule has 2 aliphatic heterocycles. The van der Waals surface area contributed by atoms with Gasteiger partial charge in [-0.15, -0.1) is 0 Å². The van der Waals surface area contributed by atoms with E-state index >= 15 is 0 Å². The number of anilines is 1. The van der Waals surface area contributed by atoms with Gasteiger partial charge < -0.3 is 14.5 Å². The number of fused-ring (bicyclic) bond motifs is 1. The van der Waals surface area contributed by atoms with Gasteiger partial charge in [-0.2, -0.15) is 5.26 Å². The minimum atomic E-state index is 0.179. The molecule has 0 unspecified atom stereocenters. The fourth-order valence-electron chi connectivity index (χ4n) is 4.18. The maximum absolute atomic E-state index is 9.39. The summed E-state index contributed by atoms with van der Waals surface area (Å²) in [5.41, 5.74) is 2.56. The van der Waals surface area contributed by atoms with Crippen molar-refractivity contribution >= 4 is 16.6 Å². The Bertz CT molecular complexity index is 840. The van der Waals surface area contributed by atoms with E-state index < -0.39 is 0 Å². The highest BCUT2D eigenvalue weighted by atomic mass is 16.5. The Hall–Kier alpha value is -2.20. The molecular formula is C21H27N5O. The second-order valence-corrected chi connectivity index (χ2v) is 7.72. The molecule has 1 aromatic heterocycles. The fourth-order valence-corrected chi connectivity index (χ4v) is 4.18. The molecule has 1 aromatic carbocycles. The lowest BCUT2D eigenvalue weighted by Crippen LogP contribution is -2.53. The first-order chi connectivity index (χ1) is 13.1. The quantitative estimate of drug-likeness (QED) is 0.829. The Morgan fingerprint density at radius 3 is 2.78 bits per heavy atom. The molecule has 0 bridgehead atoms. The van der Waals surface area contributed by atoms with Crippen molar-refractivity contribution in [3.63, 3.8) is 0 Å². The average molecular weight is 365 g/mol. The maximum atomic E-state index is 9.39. The van der Waals surface area contributed by atoms with Gasteiger partial charge in [0, 0.05) is 63.1 Å². The zero-order valence-corrected chi connectivity index (χ0v) is 16.1. The minimum absolute atomic E-state index is 0.179. The smallest absolute Gasteiger partial charge is 0.101 e. The number of hydrogen-bond donors (Lipinski definition) is 0. The van der Waals surface area contributed by atoms with Gasteiger partial charge in [0.1, 0.15) is 6.07 Å². The van der Waals surface area contributed by atoms with E-state index in [4.69, 9.17) is 4.74 Å². The van der Waals surface area contributed by atoms with Crippen molar-refractivity contribution in [1.29, 1.82) is 5.26 Å². The molecule has 0 spiro atoms. The molecule has 6 nitrogen and oxygen atoms in total. The molecule has 142 valence electrons. The van der Waals surface area contributed by atoms with Crippen LogP contribution in [0.15, 0.2) is 30.5 Å². The molecule has 2 aromatic rings. The fraction of sp³-hybridized carbons (Fsp3) is 0.524. The van der Waals surface area contributed by atoms with E-state index in [1.807, 2.05) is 12.1 Å². The number of benzene rings is 1. The molecule has 2 fully saturated rings. The summed E-state index contributed by atoms with van der Waals surface area (Å²) in [6.45, 7) is 9.30. The number of pyridine rings is 1. The lowest BCUT2D eigenvalue weighted by atomic mass is 10.1. The van der Waals surface area contributed by atoms with Gasteiger partial charge in [0.05, 0.1) is 23.3 Å². The number of likely N-dealkylation sites (N-methyl/N-ethyl adjacent to an activating group) is 1. The third-order valence-corrected chi connectivity index (χ3v) is 5.59. The van der Waals surface area contributed by atoms with E-state index in [1.54, 1.807) is 6.20 Å². The van der Waals surface area contributed by atoms with Crippen molar-refractivity contribution in [3.05, 3.63) is 36.0 Å². The Morgan fingerprint density at radius 1 is 1.19 bits per heavy atom. The molecule has 3 heterocycles. The van der Waals surface area contributed by atoms with Crippen molar-refractivity contribution in [3.8, 4) is 6.07 Å². The average Bonchev–Trinajstić information content (AvgIpc) is 2.68. The number of rotatable bonds is 3. The first-order valence-electron chi connectivity index (χ1n) is 9.73. The number of ether oxygens (including phenoxy) is 1. The van der Waals surface area contributed by atoms with E-state index in [-0.39, 0.29) is 12.2 Å². The normalized spacial score (nSPS) is 24.9. The summed E-state index contributed by atoms with van der Waals surface area (Å²) in [5, 5.41) is 10.4. The highest BCUT2D eigenvalue weighted by molar-refractivity contribution is 5.95. The number of nitrogens with zero attached hydrogens (tertiary/aromatic N) is 5. The van der Waals surface area contributed by atoms with Crippen molar-refractivity contribution in [2.45, 2.75) is 19.1 Å². The highest BCUT2D eigenvalue weighted by Crippen LogP contribution is 2.30. The van der Waals surface area contributed by atoms with Gasteiger partial charge in [-0.05, 0) is 38.2 Å². The number of hydrogen-bond acceptors (Lipinski definition) is 6. The summed E-state index contributed by atoms with van der Waals surface area (Å²) in [6, 6.07) is 10.2. The first kappa shape index (κ1) is 18.2. The molecule has 2 atom stereocenters. The maximum Gasteiger partial charge on any atom is 0.101 e. The van der Waals surface area contributed by atoms with Crippen LogP contribution in [0.1, 0.15) is 12.5 Å². The molecule has 0 N–H and O–H groups in total. The van der Waals surface area contributed by atoms with Crippen LogP contribution in [0.25, 0.3) is 10.9 Å². The van der Waals surface area contributed by atoms with Gasteiger partial charge in [0.25, 0.3) is 0 Å². The third-order valence-electron chi connectivity index (χ3n) is 5.59. The van der Waals surface area contributed by atoms with E-state index in [2.05, 4.69) is 51.9 Å². The zero-order valence-electron chi connectivity index (χ0n) is 16.1. The van der Waals surface area contributed by atoms with Crippen molar-refractivity contribution in [2.24, 2.45) is 0 Å². The number of piperazine rings is 1. The van der Waals surface area contributed by atoms with Gasteiger partial charge in [-0.1, -0.05) is 0 Å². The van der Waals surface area contributed by atoms with Crippen molar-refractivity contribution in [1.82, 2.24) is 14.8 Å². The molecule has 0 aliphatic carbocycles. The summed E-state index contributed by atoms with van der Waals surface area (Å²) in [4.78, 5) is 11.7. The molecule has 4 rings (SSSR count). The van der Waals surface area contributed by atoms with E-state index in [0.29, 0.717) is 5.56 Å². The second-order valence-electron chi connectivity index (χ2n) is 7.72. The van der Waals surface area contributed by atoms with Crippen LogP contribution < -0.4 is 4.90 Å². The van der Waals surface area contributed by atoms with Crippen molar-refractivity contribution in [2.75, 3.05) is 57.8 Å². The lowest BCUT2D eigenvalue weighted by molar-refractivity contribution is -0.0369. The SMILES string of the molecule is C[C@@H]1CN(c2ccc(C#N)c3ncccc23)C[C@H](CN2CCN(C)CC2)O1. The van der Waals surface area contributed by atoms with E-state index in [1.165, 1.54) is 0 Å². The van der Waals surface area contributed by atoms with Gasteiger partial charge in [0.2, 0.25) is 0 Å². The van der Waals surface area contributed by atoms with Crippen LogP contribution >= 0.6 is 0 Å². The molecule has 2 aliphatic rings. The Labute approximate surface area is 160 Å². The Morgan fingerprint density at radius 2 is 2.00 bits per heavy atom. The second kappa shape index (κ2) is 7.81. The monoisotopic (exact) mass is 365 g/mol. The highest BCUT2D eigenvalue weighted by Gasteiger charge is 2.29. The van der Waals surface area contributed by atoms with Gasteiger partial charge in [-0.3, -0.25) is 9.88 Å². The summed E-state index contributed by atoms with van der Waals surface area (Å²) in [6.07, 6.45) is 2.13. The molecular weight excluding hydrogens is 338 g/mol. The van der Waals surface area contributed by atoms with Crippen LogP contribution in [0.4, 0.5) is 5.69 Å². The summed E-state index contributed by atoms with van der Waals surface area (Å²) < 4.78 is 6.26. The molecule has 0 saturated carbocycles. The molecule has 0 amide bonds. The van der Waals surface area contributed by atoms with Crippen LogP contribution in [0.3, 0.4) is 0 Å². The van der Waals surface area contributed by atoms with Crippen LogP contribution in [-0.2, 0) is 4.74 Å². The van der Waals surface area contributed by atoms with E-state index in [0.717, 1.165) is 62.4 Å². The number of morpholine rings is 1. The summed E-state index contributed by atoms with van der Waals surface area (Å²) in [7, 11) is 2.18. The Kier molecular flexibility index (Phi) is 5.26. The summed E-state index contributed by atoms with van der Waals surface area (Å²) >= 11 is 0. The predicted molar refractivity (Wildman–Crippen MR) is 107 cm³/mol. The predicted octanol–water partition coefficient (Wildman–Crippen LogP) is 1.95. The van der Waals surface area contributed by atoms with Gasteiger partial charge in [-0.25, -0.2) is 0 Å². The van der Waals surface area contributed by atoms with Gasteiger partial charge in [0.15, 0.2) is 0 Å². The minimum Gasteiger partial charge on any atom is -0.370 e. The van der Waals surface area contributed by atoms with Crippen LogP contribution in [0.2, 0.25) is 0 Å². The molecule has 2 saturated heterocycles. The number of aromatic nitrogens is 1.